The van der Waals surface area contributed by atoms with Crippen LogP contribution in [0.15, 0.2) is 14.7 Å². The highest BCUT2D eigenvalue weighted by Crippen LogP contribution is 2.32. The molecule has 0 amide bonds. The summed E-state index contributed by atoms with van der Waals surface area (Å²) in [4.78, 5) is 3.23. The van der Waals surface area contributed by atoms with Crippen molar-refractivity contribution in [3.63, 3.8) is 0 Å². The van der Waals surface area contributed by atoms with Gasteiger partial charge in [0, 0.05) is 24.0 Å². The van der Waals surface area contributed by atoms with E-state index < -0.39 is 10.0 Å². The Morgan fingerprint density at radius 3 is 2.37 bits per heavy atom. The van der Waals surface area contributed by atoms with Gasteiger partial charge in [-0.25, -0.2) is 8.42 Å². The van der Waals surface area contributed by atoms with Crippen LogP contribution in [0, 0.1) is 6.92 Å². The molecule has 0 aliphatic rings. The average molecular weight is 369 g/mol. The summed E-state index contributed by atoms with van der Waals surface area (Å²) >= 11 is 4.80. The van der Waals surface area contributed by atoms with Crippen LogP contribution in [0.2, 0.25) is 0 Å². The molecule has 1 atom stereocenters. The second-order valence-corrected chi connectivity index (χ2v) is 9.29. The van der Waals surface area contributed by atoms with E-state index in [1.165, 1.54) is 11.3 Å². The van der Waals surface area contributed by atoms with Gasteiger partial charge in [-0.15, -0.1) is 11.3 Å². The highest BCUT2D eigenvalue weighted by Gasteiger charge is 2.30. The lowest BCUT2D eigenvalue weighted by Crippen LogP contribution is -2.43. The van der Waals surface area contributed by atoms with Crippen molar-refractivity contribution >= 4 is 37.3 Å². The molecule has 0 N–H and O–H groups in total. The monoisotopic (exact) mass is 368 g/mol. The van der Waals surface area contributed by atoms with Crippen molar-refractivity contribution in [1.82, 2.24) is 9.21 Å². The predicted octanol–water partition coefficient (Wildman–Crippen LogP) is 2.78. The first kappa shape index (κ1) is 17.1. The van der Waals surface area contributed by atoms with Crippen LogP contribution in [-0.4, -0.2) is 50.8 Å². The normalized spacial score (nSPS) is 14.3. The Kier molecular flexibility index (Phi) is 6.00. The first-order valence-corrected chi connectivity index (χ1v) is 9.17. The molecule has 0 radical (unpaired) electrons. The third-order valence-corrected chi connectivity index (χ3v) is 6.76. The van der Waals surface area contributed by atoms with E-state index in [1.807, 2.05) is 39.8 Å². The molecule has 1 unspecified atom stereocenters. The molecule has 19 heavy (non-hydrogen) atoms. The molecule has 1 heterocycles. The van der Waals surface area contributed by atoms with E-state index in [0.29, 0.717) is 18.0 Å². The van der Waals surface area contributed by atoms with E-state index in [2.05, 4.69) is 15.9 Å². The summed E-state index contributed by atoms with van der Waals surface area (Å²) < 4.78 is 27.8. The fraction of sp³-hybridized carbons (Fsp3) is 0.667. The molecule has 0 saturated carbocycles. The molecule has 0 fully saturated rings. The molecular formula is C12H21BrN2O2S2. The average Bonchev–Trinajstić information content (AvgIpc) is 2.57. The third-order valence-electron chi connectivity index (χ3n) is 2.86. The van der Waals surface area contributed by atoms with Crippen LogP contribution in [0.5, 0.6) is 0 Å². The van der Waals surface area contributed by atoms with E-state index in [0.717, 1.165) is 8.66 Å². The first-order valence-electron chi connectivity index (χ1n) is 6.12. The van der Waals surface area contributed by atoms with Crippen molar-refractivity contribution in [2.24, 2.45) is 0 Å². The van der Waals surface area contributed by atoms with Gasteiger partial charge in [-0.2, -0.15) is 4.31 Å². The highest BCUT2D eigenvalue weighted by atomic mass is 79.9. The van der Waals surface area contributed by atoms with Gasteiger partial charge in [0.2, 0.25) is 10.0 Å². The molecule has 0 saturated heterocycles. The number of likely N-dealkylation sites (N-methyl/N-ethyl adjacent to an activating group) is 2. The molecule has 1 aromatic rings. The van der Waals surface area contributed by atoms with E-state index >= 15 is 0 Å². The number of rotatable bonds is 6. The highest BCUT2D eigenvalue weighted by molar-refractivity contribution is 9.11. The van der Waals surface area contributed by atoms with Crippen LogP contribution in [0.3, 0.4) is 0 Å². The summed E-state index contributed by atoms with van der Waals surface area (Å²) in [7, 11) is 0.477. The second kappa shape index (κ2) is 6.67. The van der Waals surface area contributed by atoms with E-state index in [-0.39, 0.29) is 6.04 Å². The number of nitrogens with zero attached hydrogens (tertiary/aromatic N) is 2. The molecule has 1 aromatic heterocycles. The molecular weight excluding hydrogens is 348 g/mol. The lowest BCUT2D eigenvalue weighted by molar-refractivity contribution is 0.271. The van der Waals surface area contributed by atoms with Gasteiger partial charge < -0.3 is 4.90 Å². The van der Waals surface area contributed by atoms with Gasteiger partial charge in [0.1, 0.15) is 0 Å². The smallest absolute Gasteiger partial charge is 0.244 e. The summed E-state index contributed by atoms with van der Waals surface area (Å²) in [5, 5.41) is 0. The van der Waals surface area contributed by atoms with Gasteiger partial charge in [0.05, 0.1) is 8.68 Å². The molecule has 0 aliphatic carbocycles. The van der Waals surface area contributed by atoms with E-state index in [4.69, 9.17) is 0 Å². The largest absolute Gasteiger partial charge is 0.308 e. The zero-order chi connectivity index (χ0) is 14.8. The molecule has 4 nitrogen and oxygen atoms in total. The number of sulfonamides is 1. The molecule has 0 aromatic carbocycles. The van der Waals surface area contributed by atoms with Crippen LogP contribution in [-0.2, 0) is 10.0 Å². The van der Waals surface area contributed by atoms with Gasteiger partial charge in [-0.05, 0) is 49.9 Å². The van der Waals surface area contributed by atoms with Gasteiger partial charge >= 0.3 is 0 Å². The standard InChI is InChI=1S/C12H21BrN2O2S2/c1-6-15(9(2)8-14(4)5)19(16,17)11-7-12(13)18-10(11)3/h7,9H,6,8H2,1-5H3. The maximum Gasteiger partial charge on any atom is 0.244 e. The number of halogens is 1. The van der Waals surface area contributed by atoms with E-state index in [9.17, 15) is 8.42 Å². The number of hydrogen-bond acceptors (Lipinski definition) is 4. The maximum absolute atomic E-state index is 12.7. The summed E-state index contributed by atoms with van der Waals surface area (Å²) in [5.41, 5.74) is 0. The third kappa shape index (κ3) is 4.01. The van der Waals surface area contributed by atoms with Gasteiger partial charge in [0.15, 0.2) is 0 Å². The summed E-state index contributed by atoms with van der Waals surface area (Å²) in [5.74, 6) is 0. The summed E-state index contributed by atoms with van der Waals surface area (Å²) in [6, 6.07) is 1.64. The Bertz CT molecular complexity index is 526. The Hall–Kier alpha value is 0.0500. The summed E-state index contributed by atoms with van der Waals surface area (Å²) in [6.45, 7) is 6.84. The topological polar surface area (TPSA) is 40.6 Å². The molecule has 1 rings (SSSR count). The Morgan fingerprint density at radius 2 is 2.00 bits per heavy atom. The zero-order valence-corrected chi connectivity index (χ0v) is 15.2. The quantitative estimate of drug-likeness (QED) is 0.774. The van der Waals surface area contributed by atoms with Crippen LogP contribution in [0.4, 0.5) is 0 Å². The molecule has 7 heteroatoms. The Balaban J connectivity index is 3.12. The van der Waals surface area contributed by atoms with Crippen molar-refractivity contribution in [2.45, 2.75) is 31.7 Å². The SMILES string of the molecule is CCN(C(C)CN(C)C)S(=O)(=O)c1cc(Br)sc1C. The number of hydrogen-bond donors (Lipinski definition) is 0. The molecule has 110 valence electrons. The maximum atomic E-state index is 12.7. The van der Waals surface area contributed by atoms with Crippen molar-refractivity contribution in [1.29, 1.82) is 0 Å². The Labute approximate surface area is 128 Å². The minimum absolute atomic E-state index is 0.0527. The van der Waals surface area contributed by atoms with Crippen LogP contribution in [0.25, 0.3) is 0 Å². The fourth-order valence-electron chi connectivity index (χ4n) is 2.15. The predicted molar refractivity (Wildman–Crippen MR) is 84.3 cm³/mol. The lowest BCUT2D eigenvalue weighted by atomic mass is 10.3. The van der Waals surface area contributed by atoms with Crippen molar-refractivity contribution in [3.8, 4) is 0 Å². The van der Waals surface area contributed by atoms with Gasteiger partial charge in [0.25, 0.3) is 0 Å². The molecule has 0 aliphatic heterocycles. The lowest BCUT2D eigenvalue weighted by Gasteiger charge is -2.29. The Morgan fingerprint density at radius 1 is 1.42 bits per heavy atom. The fourth-order valence-corrected chi connectivity index (χ4v) is 6.17. The number of aryl methyl sites for hydroxylation is 1. The van der Waals surface area contributed by atoms with Gasteiger partial charge in [-0.1, -0.05) is 6.92 Å². The minimum Gasteiger partial charge on any atom is -0.308 e. The molecule has 0 bridgehead atoms. The molecule has 0 spiro atoms. The van der Waals surface area contributed by atoms with Crippen molar-refractivity contribution in [2.75, 3.05) is 27.2 Å². The van der Waals surface area contributed by atoms with Crippen molar-refractivity contribution < 1.29 is 8.42 Å². The first-order chi connectivity index (χ1) is 8.70. The van der Waals surface area contributed by atoms with Gasteiger partial charge in [-0.3, -0.25) is 0 Å². The van der Waals surface area contributed by atoms with Crippen molar-refractivity contribution in [3.05, 3.63) is 14.7 Å². The minimum atomic E-state index is -3.42. The number of thiophene rings is 1. The van der Waals surface area contributed by atoms with Crippen LogP contribution >= 0.6 is 27.3 Å². The summed E-state index contributed by atoms with van der Waals surface area (Å²) in [6.07, 6.45) is 0. The van der Waals surface area contributed by atoms with Crippen LogP contribution < -0.4 is 0 Å². The van der Waals surface area contributed by atoms with Crippen LogP contribution in [0.1, 0.15) is 18.7 Å². The second-order valence-electron chi connectivity index (χ2n) is 4.79. The zero-order valence-electron chi connectivity index (χ0n) is 12.0. The van der Waals surface area contributed by atoms with E-state index in [1.54, 1.807) is 10.4 Å².